The van der Waals surface area contributed by atoms with Gasteiger partial charge in [0, 0.05) is 60.4 Å². The van der Waals surface area contributed by atoms with Gasteiger partial charge in [0.25, 0.3) is 0 Å². The maximum absolute atomic E-state index is 15.7. The third-order valence-corrected chi connectivity index (χ3v) is 10.2. The van der Waals surface area contributed by atoms with Gasteiger partial charge in [0.05, 0.1) is 17.5 Å². The van der Waals surface area contributed by atoms with E-state index in [1.54, 1.807) is 18.2 Å². The lowest BCUT2D eigenvalue weighted by molar-refractivity contribution is 0.0322. The van der Waals surface area contributed by atoms with Gasteiger partial charge >= 0.3 is 0 Å². The van der Waals surface area contributed by atoms with E-state index < -0.39 is 35.7 Å². The van der Waals surface area contributed by atoms with Crippen LogP contribution >= 0.6 is 11.8 Å². The summed E-state index contributed by atoms with van der Waals surface area (Å²) < 4.78 is 75.6. The molecule has 5 rings (SSSR count). The fraction of sp³-hybridized carbons (Fsp3) is 0.559. The Hall–Kier alpha value is -2.51. The van der Waals surface area contributed by atoms with E-state index in [0.29, 0.717) is 86.0 Å². The highest BCUT2D eigenvalue weighted by molar-refractivity contribution is 7.99. The molecule has 2 aliphatic rings. The first kappa shape index (κ1) is 36.3. The van der Waals surface area contributed by atoms with Crippen LogP contribution in [-0.4, -0.2) is 78.9 Å². The summed E-state index contributed by atoms with van der Waals surface area (Å²) >= 11 is 0.998. The molecule has 2 saturated heterocycles. The van der Waals surface area contributed by atoms with Gasteiger partial charge in [-0.15, -0.1) is 11.8 Å². The van der Waals surface area contributed by atoms with Crippen molar-refractivity contribution in [3.8, 4) is 5.75 Å². The standard InChI is InChI=1S/C28H31F5N2O2S.C6H13NO/c1-37-20-2-3-25-21(14-20)26(18(15-29)16-34-25)22(31)4-5-28(17-36)6-8-35(9-7-28)10-11-38-27-23(32)12-19(30)13-24(27)33;8-5-6-1-3-7-4-2-6/h2-3,12-14,16,22,36H,4-11,15,17H2,1H3;6-8H,1-5H2. The van der Waals surface area contributed by atoms with Crippen LogP contribution in [0.4, 0.5) is 22.0 Å². The highest BCUT2D eigenvalue weighted by atomic mass is 32.2. The minimum Gasteiger partial charge on any atom is -0.497 e. The first-order chi connectivity index (χ1) is 22.2. The van der Waals surface area contributed by atoms with E-state index in [1.165, 1.54) is 13.3 Å². The van der Waals surface area contributed by atoms with Crippen molar-refractivity contribution in [2.75, 3.05) is 58.8 Å². The molecule has 3 aromatic rings. The molecule has 3 N–H and O–H groups in total. The number of ether oxygens (including phenoxy) is 1. The molecule has 2 aromatic carbocycles. The summed E-state index contributed by atoms with van der Waals surface area (Å²) in [4.78, 5) is 6.19. The van der Waals surface area contributed by atoms with Gasteiger partial charge in [-0.1, -0.05) is 0 Å². The van der Waals surface area contributed by atoms with Gasteiger partial charge in [-0.3, -0.25) is 4.98 Å². The van der Waals surface area contributed by atoms with Gasteiger partial charge in [-0.2, -0.15) is 0 Å². The predicted molar refractivity (Wildman–Crippen MR) is 171 cm³/mol. The summed E-state index contributed by atoms with van der Waals surface area (Å²) in [6.07, 6.45) is 4.08. The lowest BCUT2D eigenvalue weighted by Crippen LogP contribution is -2.43. The topological polar surface area (TPSA) is 77.9 Å². The highest BCUT2D eigenvalue weighted by Crippen LogP contribution is 2.41. The van der Waals surface area contributed by atoms with Crippen LogP contribution in [0.25, 0.3) is 10.9 Å². The smallest absolute Gasteiger partial charge is 0.142 e. The molecule has 3 heterocycles. The van der Waals surface area contributed by atoms with E-state index in [1.807, 2.05) is 0 Å². The number of benzene rings is 2. The number of aromatic nitrogens is 1. The Kier molecular flexibility index (Phi) is 13.9. The van der Waals surface area contributed by atoms with Crippen molar-refractivity contribution in [1.29, 1.82) is 0 Å². The van der Waals surface area contributed by atoms with Gasteiger partial charge < -0.3 is 25.2 Å². The Morgan fingerprint density at radius 1 is 1.09 bits per heavy atom. The van der Waals surface area contributed by atoms with Gasteiger partial charge in [0.15, 0.2) is 0 Å². The first-order valence-corrected chi connectivity index (χ1v) is 16.8. The van der Waals surface area contributed by atoms with Crippen molar-refractivity contribution in [3.05, 3.63) is 65.1 Å². The number of nitrogens with one attached hydrogen (secondary N) is 1. The second-order valence-electron chi connectivity index (χ2n) is 12.1. The molecule has 0 spiro atoms. The van der Waals surface area contributed by atoms with Crippen LogP contribution in [0.3, 0.4) is 0 Å². The quantitative estimate of drug-likeness (QED) is 0.145. The molecule has 1 aromatic heterocycles. The maximum atomic E-state index is 15.7. The van der Waals surface area contributed by atoms with Crippen LogP contribution < -0.4 is 10.1 Å². The number of aliphatic hydroxyl groups is 2. The lowest BCUT2D eigenvalue weighted by atomic mass is 9.74. The Bertz CT molecular complexity index is 1380. The van der Waals surface area contributed by atoms with Crippen LogP contribution in [0.2, 0.25) is 0 Å². The third-order valence-electron chi connectivity index (χ3n) is 9.17. The number of alkyl halides is 2. The number of thioether (sulfide) groups is 1. The third kappa shape index (κ3) is 9.53. The minimum atomic E-state index is -1.43. The Morgan fingerprint density at radius 2 is 1.78 bits per heavy atom. The molecule has 12 heteroatoms. The molecule has 46 heavy (non-hydrogen) atoms. The van der Waals surface area contributed by atoms with Crippen LogP contribution in [0.15, 0.2) is 41.4 Å². The molecule has 1 atom stereocenters. The van der Waals surface area contributed by atoms with Crippen LogP contribution in [0.1, 0.15) is 55.8 Å². The van der Waals surface area contributed by atoms with E-state index in [0.717, 1.165) is 37.7 Å². The highest BCUT2D eigenvalue weighted by Gasteiger charge is 2.35. The van der Waals surface area contributed by atoms with E-state index in [2.05, 4.69) is 15.2 Å². The number of aliphatic hydroxyl groups excluding tert-OH is 2. The number of halogens is 5. The number of likely N-dealkylation sites (tertiary alicyclic amines) is 1. The Labute approximate surface area is 271 Å². The van der Waals surface area contributed by atoms with E-state index in [9.17, 15) is 22.7 Å². The van der Waals surface area contributed by atoms with Gasteiger partial charge in [-0.05, 0) is 94.2 Å². The predicted octanol–water partition coefficient (Wildman–Crippen LogP) is 6.77. The van der Waals surface area contributed by atoms with E-state index in [-0.39, 0.29) is 29.1 Å². The minimum absolute atomic E-state index is 0.0881. The monoisotopic (exact) mass is 669 g/mol. The molecule has 2 aliphatic heterocycles. The number of nitrogens with zero attached hydrogens (tertiary/aromatic N) is 2. The van der Waals surface area contributed by atoms with Crippen molar-refractivity contribution in [2.24, 2.45) is 11.3 Å². The van der Waals surface area contributed by atoms with Crippen molar-refractivity contribution in [1.82, 2.24) is 15.2 Å². The average molecular weight is 670 g/mol. The lowest BCUT2D eigenvalue weighted by Gasteiger charge is -2.41. The molecule has 0 bridgehead atoms. The summed E-state index contributed by atoms with van der Waals surface area (Å²) in [5, 5.41) is 22.6. The van der Waals surface area contributed by atoms with Crippen molar-refractivity contribution in [3.63, 3.8) is 0 Å². The first-order valence-electron chi connectivity index (χ1n) is 15.8. The van der Waals surface area contributed by atoms with Crippen molar-refractivity contribution < 1.29 is 36.9 Å². The molecule has 0 radical (unpaired) electrons. The SMILES string of the molecule is COc1ccc2ncc(CF)c(C(F)CCC3(CO)CCN(CCSc4c(F)cc(F)cc4F)CC3)c2c1.OCC1CCNCC1. The summed E-state index contributed by atoms with van der Waals surface area (Å²) in [5.41, 5.74) is 0.584. The molecule has 6 nitrogen and oxygen atoms in total. The summed E-state index contributed by atoms with van der Waals surface area (Å²) in [5.74, 6) is -1.25. The molecule has 2 fully saturated rings. The summed E-state index contributed by atoms with van der Waals surface area (Å²) in [7, 11) is 1.51. The van der Waals surface area contributed by atoms with Gasteiger partial charge in [0.1, 0.15) is 36.0 Å². The van der Waals surface area contributed by atoms with E-state index in [4.69, 9.17) is 9.84 Å². The zero-order chi connectivity index (χ0) is 33.1. The van der Waals surface area contributed by atoms with E-state index >= 15 is 4.39 Å². The maximum Gasteiger partial charge on any atom is 0.142 e. The number of fused-ring (bicyclic) bond motifs is 1. The number of pyridine rings is 1. The van der Waals surface area contributed by atoms with Crippen molar-refractivity contribution >= 4 is 22.7 Å². The molecule has 0 aliphatic carbocycles. The fourth-order valence-electron chi connectivity index (χ4n) is 6.16. The number of methoxy groups -OCH3 is 1. The molecule has 1 unspecified atom stereocenters. The molecule has 0 amide bonds. The van der Waals surface area contributed by atoms with Crippen LogP contribution in [-0.2, 0) is 6.67 Å². The van der Waals surface area contributed by atoms with Crippen LogP contribution in [0, 0.1) is 28.8 Å². The number of hydrogen-bond donors (Lipinski definition) is 3. The molecular formula is C34H44F5N3O3S. The second kappa shape index (κ2) is 17.6. The zero-order valence-electron chi connectivity index (χ0n) is 26.2. The second-order valence-corrected chi connectivity index (χ2v) is 13.2. The zero-order valence-corrected chi connectivity index (χ0v) is 27.0. The molecule has 0 saturated carbocycles. The molecule has 254 valence electrons. The number of rotatable bonds is 12. The normalized spacial score (nSPS) is 17.8. The largest absolute Gasteiger partial charge is 0.497 e. The Morgan fingerprint density at radius 3 is 2.37 bits per heavy atom. The number of hydrogen-bond acceptors (Lipinski definition) is 7. The summed E-state index contributed by atoms with van der Waals surface area (Å²) in [6.45, 7) is 3.50. The van der Waals surface area contributed by atoms with Crippen LogP contribution in [0.5, 0.6) is 5.75 Å². The van der Waals surface area contributed by atoms with Gasteiger partial charge in [0.2, 0.25) is 0 Å². The fourth-order valence-corrected chi connectivity index (χ4v) is 7.11. The van der Waals surface area contributed by atoms with Gasteiger partial charge in [-0.25, -0.2) is 22.0 Å². The summed E-state index contributed by atoms with van der Waals surface area (Å²) in [6, 6.07) is 6.45. The molecular weight excluding hydrogens is 625 g/mol. The van der Waals surface area contributed by atoms with Crippen molar-refractivity contribution in [2.45, 2.75) is 56.3 Å². The number of piperidine rings is 2. The average Bonchev–Trinajstić information content (AvgIpc) is 3.08. The Balaban J connectivity index is 0.000000523.